The standard InChI is InChI=1S/C13H11ClN4/c1-9-17-12(7-15)6-13(18-9)16-8-10-2-4-11(14)5-3-10/h2-6H,8H2,1H3,(H,16,17,18). The maximum Gasteiger partial charge on any atom is 0.146 e. The van der Waals surface area contributed by atoms with Gasteiger partial charge >= 0.3 is 0 Å². The molecular formula is C13H11ClN4. The van der Waals surface area contributed by atoms with Gasteiger partial charge in [-0.25, -0.2) is 9.97 Å². The quantitative estimate of drug-likeness (QED) is 0.920. The number of anilines is 1. The molecule has 0 saturated heterocycles. The lowest BCUT2D eigenvalue weighted by molar-refractivity contribution is 1.01. The van der Waals surface area contributed by atoms with Crippen LogP contribution in [0.25, 0.3) is 0 Å². The van der Waals surface area contributed by atoms with Crippen LogP contribution in [0.1, 0.15) is 17.1 Å². The Balaban J connectivity index is 2.08. The monoisotopic (exact) mass is 258 g/mol. The molecule has 1 N–H and O–H groups in total. The summed E-state index contributed by atoms with van der Waals surface area (Å²) in [5.41, 5.74) is 1.45. The van der Waals surface area contributed by atoms with Gasteiger partial charge in [-0.15, -0.1) is 0 Å². The highest BCUT2D eigenvalue weighted by Gasteiger charge is 2.01. The molecule has 90 valence electrons. The Morgan fingerprint density at radius 3 is 2.67 bits per heavy atom. The molecular weight excluding hydrogens is 248 g/mol. The average Bonchev–Trinajstić information content (AvgIpc) is 2.37. The Labute approximate surface area is 110 Å². The molecule has 0 aliphatic carbocycles. The molecule has 4 nitrogen and oxygen atoms in total. The van der Waals surface area contributed by atoms with Crippen molar-refractivity contribution in [1.82, 2.24) is 9.97 Å². The molecule has 1 aromatic heterocycles. The number of nitriles is 1. The number of hydrogen-bond donors (Lipinski definition) is 1. The number of aryl methyl sites for hydroxylation is 1. The molecule has 0 aliphatic heterocycles. The first-order valence-electron chi connectivity index (χ1n) is 5.41. The van der Waals surface area contributed by atoms with Crippen LogP contribution in [0.15, 0.2) is 30.3 Å². The molecule has 1 heterocycles. The van der Waals surface area contributed by atoms with Crippen molar-refractivity contribution in [3.8, 4) is 6.07 Å². The van der Waals surface area contributed by atoms with Crippen molar-refractivity contribution >= 4 is 17.4 Å². The molecule has 0 spiro atoms. The third-order valence-corrected chi connectivity index (χ3v) is 2.59. The smallest absolute Gasteiger partial charge is 0.146 e. The van der Waals surface area contributed by atoms with Crippen LogP contribution in [0.4, 0.5) is 5.82 Å². The molecule has 18 heavy (non-hydrogen) atoms. The molecule has 0 unspecified atom stereocenters. The van der Waals surface area contributed by atoms with E-state index in [-0.39, 0.29) is 0 Å². The Hall–Kier alpha value is -2.12. The lowest BCUT2D eigenvalue weighted by Gasteiger charge is -2.06. The van der Waals surface area contributed by atoms with Gasteiger partial charge in [0.2, 0.25) is 0 Å². The van der Waals surface area contributed by atoms with E-state index in [1.54, 1.807) is 13.0 Å². The fourth-order valence-electron chi connectivity index (χ4n) is 1.51. The van der Waals surface area contributed by atoms with Crippen LogP contribution in [0.5, 0.6) is 0 Å². The molecule has 0 amide bonds. The average molecular weight is 259 g/mol. The van der Waals surface area contributed by atoms with Gasteiger partial charge in [-0.2, -0.15) is 5.26 Å². The van der Waals surface area contributed by atoms with Gasteiger partial charge in [0.1, 0.15) is 23.4 Å². The lowest BCUT2D eigenvalue weighted by Crippen LogP contribution is -2.04. The third-order valence-electron chi connectivity index (χ3n) is 2.34. The first-order chi connectivity index (χ1) is 8.67. The van der Waals surface area contributed by atoms with Gasteiger partial charge < -0.3 is 5.32 Å². The Morgan fingerprint density at radius 2 is 2.00 bits per heavy atom. The van der Waals surface area contributed by atoms with Gasteiger partial charge in [-0.3, -0.25) is 0 Å². The van der Waals surface area contributed by atoms with E-state index in [1.165, 1.54) is 0 Å². The number of halogens is 1. The third kappa shape index (κ3) is 3.19. The summed E-state index contributed by atoms with van der Waals surface area (Å²) in [6.45, 7) is 2.38. The predicted molar refractivity (Wildman–Crippen MR) is 70.3 cm³/mol. The topological polar surface area (TPSA) is 61.6 Å². The van der Waals surface area contributed by atoms with E-state index in [9.17, 15) is 0 Å². The fraction of sp³-hybridized carbons (Fsp3) is 0.154. The zero-order chi connectivity index (χ0) is 13.0. The summed E-state index contributed by atoms with van der Waals surface area (Å²) in [5.74, 6) is 1.22. The minimum absolute atomic E-state index is 0.362. The van der Waals surface area contributed by atoms with E-state index < -0.39 is 0 Å². The summed E-state index contributed by atoms with van der Waals surface area (Å²) >= 11 is 5.81. The molecule has 0 radical (unpaired) electrons. The Morgan fingerprint density at radius 1 is 1.28 bits per heavy atom. The number of nitrogens with zero attached hydrogens (tertiary/aromatic N) is 3. The number of nitrogens with one attached hydrogen (secondary N) is 1. The predicted octanol–water partition coefficient (Wildman–Crippen LogP) is 2.92. The summed E-state index contributed by atoms with van der Waals surface area (Å²) < 4.78 is 0. The number of aromatic nitrogens is 2. The van der Waals surface area contributed by atoms with Crippen LogP contribution in [0.2, 0.25) is 5.02 Å². The van der Waals surface area contributed by atoms with E-state index in [1.807, 2.05) is 30.3 Å². The first-order valence-corrected chi connectivity index (χ1v) is 5.79. The SMILES string of the molecule is Cc1nc(C#N)cc(NCc2ccc(Cl)cc2)n1. The molecule has 0 fully saturated rings. The van der Waals surface area contributed by atoms with Gasteiger partial charge in [0.05, 0.1) is 0 Å². The van der Waals surface area contributed by atoms with Crippen molar-refractivity contribution in [3.63, 3.8) is 0 Å². The Bertz CT molecular complexity index is 587. The van der Waals surface area contributed by atoms with Crippen LogP contribution < -0.4 is 5.32 Å². The number of rotatable bonds is 3. The van der Waals surface area contributed by atoms with Gasteiger partial charge in [-0.05, 0) is 24.6 Å². The van der Waals surface area contributed by atoms with E-state index in [4.69, 9.17) is 16.9 Å². The van der Waals surface area contributed by atoms with E-state index in [0.717, 1.165) is 5.56 Å². The summed E-state index contributed by atoms with van der Waals surface area (Å²) in [4.78, 5) is 8.20. The van der Waals surface area contributed by atoms with Crippen LogP contribution in [-0.4, -0.2) is 9.97 Å². The second-order valence-corrected chi connectivity index (χ2v) is 4.21. The normalized spacial score (nSPS) is 9.83. The molecule has 2 rings (SSSR count). The zero-order valence-electron chi connectivity index (χ0n) is 9.81. The van der Waals surface area contributed by atoms with Crippen molar-refractivity contribution in [2.45, 2.75) is 13.5 Å². The van der Waals surface area contributed by atoms with E-state index in [2.05, 4.69) is 15.3 Å². The number of benzene rings is 1. The second-order valence-electron chi connectivity index (χ2n) is 3.78. The molecule has 1 aromatic carbocycles. The summed E-state index contributed by atoms with van der Waals surface area (Å²) in [5, 5.41) is 12.7. The van der Waals surface area contributed by atoms with Crippen LogP contribution in [0.3, 0.4) is 0 Å². The molecule has 2 aromatic rings. The largest absolute Gasteiger partial charge is 0.366 e. The summed E-state index contributed by atoms with van der Waals surface area (Å²) in [6.07, 6.45) is 0. The van der Waals surface area contributed by atoms with Crippen molar-refractivity contribution in [3.05, 3.63) is 52.4 Å². The van der Waals surface area contributed by atoms with E-state index in [0.29, 0.717) is 28.9 Å². The fourth-order valence-corrected chi connectivity index (χ4v) is 1.64. The number of hydrogen-bond acceptors (Lipinski definition) is 4. The van der Waals surface area contributed by atoms with Crippen LogP contribution in [0, 0.1) is 18.3 Å². The summed E-state index contributed by atoms with van der Waals surface area (Å²) in [6, 6.07) is 11.2. The maximum atomic E-state index is 8.82. The van der Waals surface area contributed by atoms with Crippen LogP contribution in [-0.2, 0) is 6.54 Å². The summed E-state index contributed by atoms with van der Waals surface area (Å²) in [7, 11) is 0. The van der Waals surface area contributed by atoms with Crippen molar-refractivity contribution in [2.24, 2.45) is 0 Å². The highest BCUT2D eigenvalue weighted by Crippen LogP contribution is 2.12. The van der Waals surface area contributed by atoms with Gasteiger partial charge in [0.15, 0.2) is 0 Å². The highest BCUT2D eigenvalue weighted by atomic mass is 35.5. The minimum Gasteiger partial charge on any atom is -0.366 e. The first kappa shape index (κ1) is 12.3. The van der Waals surface area contributed by atoms with Crippen molar-refractivity contribution in [2.75, 3.05) is 5.32 Å². The van der Waals surface area contributed by atoms with E-state index >= 15 is 0 Å². The van der Waals surface area contributed by atoms with Crippen molar-refractivity contribution < 1.29 is 0 Å². The lowest BCUT2D eigenvalue weighted by atomic mass is 10.2. The van der Waals surface area contributed by atoms with Gasteiger partial charge in [0, 0.05) is 17.6 Å². The second kappa shape index (κ2) is 5.48. The highest BCUT2D eigenvalue weighted by molar-refractivity contribution is 6.30. The van der Waals surface area contributed by atoms with Gasteiger partial charge in [0.25, 0.3) is 0 Å². The molecule has 5 heteroatoms. The van der Waals surface area contributed by atoms with Crippen LogP contribution >= 0.6 is 11.6 Å². The molecule has 0 atom stereocenters. The molecule has 0 saturated carbocycles. The van der Waals surface area contributed by atoms with Crippen molar-refractivity contribution in [1.29, 1.82) is 5.26 Å². The molecule has 0 aliphatic rings. The molecule has 0 bridgehead atoms. The maximum absolute atomic E-state index is 8.82. The van der Waals surface area contributed by atoms with Gasteiger partial charge in [-0.1, -0.05) is 23.7 Å². The Kier molecular flexibility index (Phi) is 3.75. The minimum atomic E-state index is 0.362. The zero-order valence-corrected chi connectivity index (χ0v) is 10.6.